The molecule has 2 aromatic heterocycles. The number of aromatic nitrogens is 3. The molecule has 0 N–H and O–H groups in total. The van der Waals surface area contributed by atoms with Gasteiger partial charge in [-0.1, -0.05) is 42.8 Å². The minimum absolute atomic E-state index is 0.0893. The Balaban J connectivity index is 1.29. The number of nitrogens with zero attached hydrogens (tertiary/aromatic N) is 4. The van der Waals surface area contributed by atoms with Gasteiger partial charge in [0.1, 0.15) is 0 Å². The van der Waals surface area contributed by atoms with Gasteiger partial charge in [0.25, 0.3) is 0 Å². The maximum absolute atomic E-state index is 12.9. The van der Waals surface area contributed by atoms with Crippen LogP contribution in [0.5, 0.6) is 0 Å². The summed E-state index contributed by atoms with van der Waals surface area (Å²) < 4.78 is 0. The van der Waals surface area contributed by atoms with Crippen LogP contribution in [0.1, 0.15) is 40.9 Å². The van der Waals surface area contributed by atoms with Crippen LogP contribution in [0.2, 0.25) is 0 Å². The van der Waals surface area contributed by atoms with E-state index in [4.69, 9.17) is 0 Å². The van der Waals surface area contributed by atoms with E-state index in [0.717, 1.165) is 39.8 Å². The van der Waals surface area contributed by atoms with E-state index in [1.165, 1.54) is 37.9 Å². The van der Waals surface area contributed by atoms with Gasteiger partial charge < -0.3 is 0 Å². The number of likely N-dealkylation sites (tertiary alicyclic amines) is 1. The Labute approximate surface area is 188 Å². The second-order valence-electron chi connectivity index (χ2n) is 8.46. The van der Waals surface area contributed by atoms with Crippen LogP contribution in [0, 0.1) is 0 Å². The van der Waals surface area contributed by atoms with Gasteiger partial charge in [0.2, 0.25) is 0 Å². The zero-order valence-corrected chi connectivity index (χ0v) is 18.1. The molecule has 0 atom stereocenters. The standard InChI is InChI=1S/C27H26N4O/c32-27(21-6-4-20(5-7-21)19-31-12-2-1-3-13-31)16-25-15-24-14-22(8-9-23(24)17-30-25)26-18-28-10-11-29-26/h4-11,14-15,17-18H,1-3,12-13,16,19H2. The average Bonchev–Trinajstić information content (AvgIpc) is 2.85. The third-order valence-corrected chi connectivity index (χ3v) is 6.11. The number of ketones is 1. The minimum atomic E-state index is 0.0893. The van der Waals surface area contributed by atoms with Crippen molar-refractivity contribution in [3.63, 3.8) is 0 Å². The van der Waals surface area contributed by atoms with Gasteiger partial charge in [-0.25, -0.2) is 0 Å². The smallest absolute Gasteiger partial charge is 0.168 e. The normalized spacial score (nSPS) is 14.5. The Hall–Kier alpha value is -3.44. The van der Waals surface area contributed by atoms with Crippen molar-refractivity contribution in [2.75, 3.05) is 13.1 Å². The van der Waals surface area contributed by atoms with Gasteiger partial charge in [-0.15, -0.1) is 0 Å². The Morgan fingerprint density at radius 3 is 2.47 bits per heavy atom. The van der Waals surface area contributed by atoms with Crippen LogP contribution >= 0.6 is 0 Å². The summed E-state index contributed by atoms with van der Waals surface area (Å²) in [4.78, 5) is 28.4. The summed E-state index contributed by atoms with van der Waals surface area (Å²) in [6, 6.07) is 16.2. The van der Waals surface area contributed by atoms with Crippen LogP contribution in [0.25, 0.3) is 22.0 Å². The Morgan fingerprint density at radius 2 is 1.69 bits per heavy atom. The topological polar surface area (TPSA) is 59.0 Å². The van der Waals surface area contributed by atoms with Crippen molar-refractivity contribution in [1.82, 2.24) is 19.9 Å². The molecular weight excluding hydrogens is 396 g/mol. The maximum Gasteiger partial charge on any atom is 0.168 e. The second-order valence-corrected chi connectivity index (χ2v) is 8.46. The first-order chi connectivity index (χ1) is 15.7. The fourth-order valence-electron chi connectivity index (χ4n) is 4.33. The van der Waals surface area contributed by atoms with E-state index in [0.29, 0.717) is 0 Å². The highest BCUT2D eigenvalue weighted by atomic mass is 16.1. The number of carbonyl (C=O) groups excluding carboxylic acids is 1. The number of rotatable bonds is 6. The van der Waals surface area contributed by atoms with E-state index in [2.05, 4.69) is 38.1 Å². The molecule has 0 unspecified atom stereocenters. The van der Waals surface area contributed by atoms with Crippen molar-refractivity contribution in [1.29, 1.82) is 0 Å². The maximum atomic E-state index is 12.9. The number of benzene rings is 2. The van der Waals surface area contributed by atoms with Crippen LogP contribution in [-0.4, -0.2) is 38.7 Å². The molecule has 0 saturated carbocycles. The fraction of sp³-hybridized carbons (Fsp3) is 0.259. The van der Waals surface area contributed by atoms with E-state index >= 15 is 0 Å². The van der Waals surface area contributed by atoms with Crippen molar-refractivity contribution in [2.24, 2.45) is 0 Å². The average molecular weight is 423 g/mol. The lowest BCUT2D eigenvalue weighted by Crippen LogP contribution is -2.29. The van der Waals surface area contributed by atoms with Crippen LogP contribution in [0.15, 0.2) is 73.3 Å². The van der Waals surface area contributed by atoms with Crippen LogP contribution in [0.4, 0.5) is 0 Å². The van der Waals surface area contributed by atoms with Gasteiger partial charge in [-0.3, -0.25) is 24.6 Å². The molecule has 0 amide bonds. The lowest BCUT2D eigenvalue weighted by Gasteiger charge is -2.26. The van der Waals surface area contributed by atoms with Gasteiger partial charge >= 0.3 is 0 Å². The Bertz CT molecular complexity index is 1220. The fourth-order valence-corrected chi connectivity index (χ4v) is 4.33. The Kier molecular flexibility index (Phi) is 5.99. The first-order valence-corrected chi connectivity index (χ1v) is 11.2. The molecule has 5 rings (SSSR count). The molecule has 1 saturated heterocycles. The van der Waals surface area contributed by atoms with E-state index in [1.807, 2.05) is 36.5 Å². The molecule has 160 valence electrons. The van der Waals surface area contributed by atoms with E-state index in [1.54, 1.807) is 18.6 Å². The molecule has 1 aliphatic heterocycles. The summed E-state index contributed by atoms with van der Waals surface area (Å²) in [5, 5.41) is 2.08. The molecule has 3 heterocycles. The molecule has 5 heteroatoms. The van der Waals surface area contributed by atoms with Gasteiger partial charge in [0.05, 0.1) is 18.3 Å². The van der Waals surface area contributed by atoms with Gasteiger partial charge in [0.15, 0.2) is 5.78 Å². The number of carbonyl (C=O) groups is 1. The number of pyridine rings is 1. The zero-order valence-electron chi connectivity index (χ0n) is 18.1. The number of hydrogen-bond acceptors (Lipinski definition) is 5. The molecular formula is C27H26N4O. The number of Topliss-reactive ketones (excluding diaryl/α,β-unsaturated/α-hetero) is 1. The molecule has 0 radical (unpaired) electrons. The van der Waals surface area contributed by atoms with Crippen molar-refractivity contribution < 1.29 is 4.79 Å². The number of hydrogen-bond donors (Lipinski definition) is 0. The lowest BCUT2D eigenvalue weighted by atomic mass is 10.0. The molecule has 0 aliphatic carbocycles. The molecule has 2 aromatic carbocycles. The predicted molar refractivity (Wildman–Crippen MR) is 126 cm³/mol. The highest BCUT2D eigenvalue weighted by Gasteiger charge is 2.12. The SMILES string of the molecule is O=C(Cc1cc2cc(-c3cnccn3)ccc2cn1)c1ccc(CN2CCCCC2)cc1. The molecule has 32 heavy (non-hydrogen) atoms. The Morgan fingerprint density at radius 1 is 0.844 bits per heavy atom. The molecule has 0 spiro atoms. The summed E-state index contributed by atoms with van der Waals surface area (Å²) in [7, 11) is 0. The van der Waals surface area contributed by atoms with Crippen LogP contribution in [-0.2, 0) is 13.0 Å². The summed E-state index contributed by atoms with van der Waals surface area (Å²) in [5.41, 5.74) is 4.61. The van der Waals surface area contributed by atoms with Crippen LogP contribution in [0.3, 0.4) is 0 Å². The third kappa shape index (κ3) is 4.73. The van der Waals surface area contributed by atoms with Crippen molar-refractivity contribution in [2.45, 2.75) is 32.2 Å². The quantitative estimate of drug-likeness (QED) is 0.405. The molecule has 0 bridgehead atoms. The van der Waals surface area contributed by atoms with Crippen molar-refractivity contribution in [3.8, 4) is 11.3 Å². The number of fused-ring (bicyclic) bond motifs is 1. The molecule has 1 aliphatic rings. The van der Waals surface area contributed by atoms with Crippen molar-refractivity contribution in [3.05, 3.63) is 90.1 Å². The van der Waals surface area contributed by atoms with Crippen molar-refractivity contribution >= 4 is 16.6 Å². The highest BCUT2D eigenvalue weighted by Crippen LogP contribution is 2.23. The third-order valence-electron chi connectivity index (χ3n) is 6.11. The summed E-state index contributed by atoms with van der Waals surface area (Å²) in [6.07, 6.45) is 11.1. The van der Waals surface area contributed by atoms with E-state index < -0.39 is 0 Å². The second kappa shape index (κ2) is 9.37. The largest absolute Gasteiger partial charge is 0.299 e. The van der Waals surface area contributed by atoms with Gasteiger partial charge in [-0.2, -0.15) is 0 Å². The summed E-state index contributed by atoms with van der Waals surface area (Å²) in [5.74, 6) is 0.0893. The van der Waals surface area contributed by atoms with Crippen LogP contribution < -0.4 is 0 Å². The molecule has 1 fully saturated rings. The lowest BCUT2D eigenvalue weighted by molar-refractivity contribution is 0.0992. The van der Waals surface area contributed by atoms with E-state index in [9.17, 15) is 4.79 Å². The van der Waals surface area contributed by atoms with Gasteiger partial charge in [-0.05, 0) is 49.0 Å². The minimum Gasteiger partial charge on any atom is -0.299 e. The highest BCUT2D eigenvalue weighted by molar-refractivity contribution is 5.98. The predicted octanol–water partition coefficient (Wildman–Crippen LogP) is 5.10. The summed E-state index contributed by atoms with van der Waals surface area (Å²) in [6.45, 7) is 3.31. The zero-order chi connectivity index (χ0) is 21.8. The van der Waals surface area contributed by atoms with E-state index in [-0.39, 0.29) is 12.2 Å². The molecule has 4 aromatic rings. The first kappa shape index (κ1) is 20.5. The summed E-state index contributed by atoms with van der Waals surface area (Å²) >= 11 is 0. The number of piperidine rings is 1. The van der Waals surface area contributed by atoms with Gasteiger partial charge in [0, 0.05) is 47.3 Å². The molecule has 5 nitrogen and oxygen atoms in total. The first-order valence-electron chi connectivity index (χ1n) is 11.2. The monoisotopic (exact) mass is 422 g/mol.